The van der Waals surface area contributed by atoms with Crippen molar-refractivity contribution in [1.82, 2.24) is 0 Å². The van der Waals surface area contributed by atoms with Crippen molar-refractivity contribution in [2.24, 2.45) is 0 Å². The predicted molar refractivity (Wildman–Crippen MR) is 86.0 cm³/mol. The van der Waals surface area contributed by atoms with E-state index in [9.17, 15) is 13.2 Å². The van der Waals surface area contributed by atoms with E-state index in [1.807, 2.05) is 0 Å². The Bertz CT molecular complexity index is 635. The first-order chi connectivity index (χ1) is 10.1. The molecule has 0 aromatic heterocycles. The van der Waals surface area contributed by atoms with Gasteiger partial charge in [0.2, 0.25) is 0 Å². The van der Waals surface area contributed by atoms with Gasteiger partial charge in [-0.15, -0.1) is 11.6 Å². The van der Waals surface area contributed by atoms with E-state index >= 15 is 0 Å². The normalized spacial score (nSPS) is 22.2. The lowest BCUT2D eigenvalue weighted by atomic mass is 9.90. The summed E-state index contributed by atoms with van der Waals surface area (Å²) < 4.78 is 39.3. The SMILES string of the molecule is CN(C)c1cc(C2C(Cl)=CC(Cl)=CC2Cl)cc(C(F)(F)F)c1. The number of benzene rings is 1. The molecule has 0 saturated heterocycles. The van der Waals surface area contributed by atoms with Crippen molar-refractivity contribution in [1.29, 1.82) is 0 Å². The molecule has 1 aromatic carbocycles. The van der Waals surface area contributed by atoms with Crippen LogP contribution in [-0.4, -0.2) is 19.5 Å². The van der Waals surface area contributed by atoms with Gasteiger partial charge in [0.15, 0.2) is 0 Å². The van der Waals surface area contributed by atoms with Crippen molar-refractivity contribution < 1.29 is 13.2 Å². The van der Waals surface area contributed by atoms with E-state index in [4.69, 9.17) is 34.8 Å². The van der Waals surface area contributed by atoms with Gasteiger partial charge in [-0.25, -0.2) is 0 Å². The summed E-state index contributed by atoms with van der Waals surface area (Å²) in [6.45, 7) is 0. The number of anilines is 1. The maximum absolute atomic E-state index is 13.1. The molecule has 2 unspecified atom stereocenters. The highest BCUT2D eigenvalue weighted by Crippen LogP contribution is 2.42. The van der Waals surface area contributed by atoms with E-state index in [-0.39, 0.29) is 0 Å². The zero-order valence-electron chi connectivity index (χ0n) is 11.8. The highest BCUT2D eigenvalue weighted by Gasteiger charge is 2.34. The Balaban J connectivity index is 2.56. The molecule has 120 valence electrons. The van der Waals surface area contributed by atoms with Crippen LogP contribution in [0.3, 0.4) is 0 Å². The van der Waals surface area contributed by atoms with Crippen LogP contribution in [0.2, 0.25) is 0 Å². The summed E-state index contributed by atoms with van der Waals surface area (Å²) in [5, 5.41) is 0.0843. The molecule has 2 rings (SSSR count). The summed E-state index contributed by atoms with van der Waals surface area (Å²) in [5.41, 5.74) is 0.0988. The molecule has 0 N–H and O–H groups in total. The zero-order valence-corrected chi connectivity index (χ0v) is 14.0. The third kappa shape index (κ3) is 3.73. The van der Waals surface area contributed by atoms with Gasteiger partial charge in [0.1, 0.15) is 0 Å². The van der Waals surface area contributed by atoms with Crippen LogP contribution in [0, 0.1) is 0 Å². The lowest BCUT2D eigenvalue weighted by Crippen LogP contribution is -2.18. The largest absolute Gasteiger partial charge is 0.416 e. The average molecular weight is 371 g/mol. The molecule has 1 aromatic rings. The van der Waals surface area contributed by atoms with E-state index in [1.165, 1.54) is 6.08 Å². The van der Waals surface area contributed by atoms with Crippen LogP contribution in [0.15, 0.2) is 40.4 Å². The molecule has 0 aliphatic heterocycles. The minimum Gasteiger partial charge on any atom is -0.378 e. The van der Waals surface area contributed by atoms with Crippen LogP contribution >= 0.6 is 34.8 Å². The van der Waals surface area contributed by atoms with Crippen molar-refractivity contribution in [3.8, 4) is 0 Å². The fraction of sp³-hybridized carbons (Fsp3) is 0.333. The molecular weight excluding hydrogens is 358 g/mol. The standard InChI is InChI=1S/C15H13Cl3F3N/c1-22(2)11-4-8(3-9(5-11)15(19,20)21)14-12(17)6-10(16)7-13(14)18/h3-7,12,14H,1-2H3. The molecular formula is C15H13Cl3F3N. The molecule has 0 fully saturated rings. The summed E-state index contributed by atoms with van der Waals surface area (Å²) in [6, 6.07) is 3.82. The number of allylic oxidation sites excluding steroid dienone is 4. The minimum absolute atomic E-state index is 0.316. The number of rotatable bonds is 2. The first-order valence-electron chi connectivity index (χ1n) is 6.37. The fourth-order valence-electron chi connectivity index (χ4n) is 2.25. The lowest BCUT2D eigenvalue weighted by Gasteiger charge is -2.26. The Kier molecular flexibility index (Phi) is 5.05. The predicted octanol–water partition coefficient (Wildman–Crippen LogP) is 5.72. The molecule has 0 spiro atoms. The van der Waals surface area contributed by atoms with Crippen molar-refractivity contribution >= 4 is 40.5 Å². The maximum atomic E-state index is 13.1. The molecule has 0 heterocycles. The molecule has 1 aliphatic rings. The van der Waals surface area contributed by atoms with Gasteiger partial charge in [0, 0.05) is 35.8 Å². The zero-order chi connectivity index (χ0) is 16.7. The van der Waals surface area contributed by atoms with Gasteiger partial charge in [-0.2, -0.15) is 13.2 Å². The van der Waals surface area contributed by atoms with Crippen molar-refractivity contribution in [3.05, 3.63) is 51.5 Å². The second-order valence-corrected chi connectivity index (χ2v) is 6.59. The number of halogens is 6. The van der Waals surface area contributed by atoms with Crippen LogP contribution in [0.1, 0.15) is 17.0 Å². The summed E-state index contributed by atoms with van der Waals surface area (Å²) in [5.74, 6) is -0.563. The topological polar surface area (TPSA) is 3.24 Å². The van der Waals surface area contributed by atoms with E-state index in [0.29, 0.717) is 21.3 Å². The fourth-order valence-corrected chi connectivity index (χ4v) is 3.48. The first-order valence-corrected chi connectivity index (χ1v) is 7.57. The van der Waals surface area contributed by atoms with Gasteiger partial charge in [-0.3, -0.25) is 0 Å². The molecule has 0 radical (unpaired) electrons. The maximum Gasteiger partial charge on any atom is 0.416 e. The number of hydrogen-bond donors (Lipinski definition) is 0. The highest BCUT2D eigenvalue weighted by molar-refractivity contribution is 6.37. The highest BCUT2D eigenvalue weighted by atomic mass is 35.5. The summed E-state index contributed by atoms with van der Waals surface area (Å²) in [7, 11) is 3.35. The van der Waals surface area contributed by atoms with Crippen LogP contribution < -0.4 is 4.90 Å². The summed E-state index contributed by atoms with van der Waals surface area (Å²) >= 11 is 18.3. The van der Waals surface area contributed by atoms with Gasteiger partial charge < -0.3 is 4.90 Å². The van der Waals surface area contributed by atoms with Crippen molar-refractivity contribution in [2.75, 3.05) is 19.0 Å². The second kappa shape index (κ2) is 6.34. The van der Waals surface area contributed by atoms with Crippen LogP contribution in [0.25, 0.3) is 0 Å². The summed E-state index contributed by atoms with van der Waals surface area (Å²) in [4.78, 5) is 1.60. The molecule has 0 amide bonds. The molecule has 1 aliphatic carbocycles. The minimum atomic E-state index is -4.44. The van der Waals surface area contributed by atoms with E-state index in [1.54, 1.807) is 31.1 Å². The van der Waals surface area contributed by atoms with Crippen molar-refractivity contribution in [2.45, 2.75) is 17.5 Å². The Hall–Kier alpha value is -0.840. The van der Waals surface area contributed by atoms with Gasteiger partial charge in [0.25, 0.3) is 0 Å². The molecule has 0 saturated carbocycles. The Morgan fingerprint density at radius 1 is 1.09 bits per heavy atom. The third-order valence-electron chi connectivity index (χ3n) is 3.35. The first kappa shape index (κ1) is 17.5. The Morgan fingerprint density at radius 3 is 2.23 bits per heavy atom. The van der Waals surface area contributed by atoms with Crippen LogP contribution in [0.4, 0.5) is 18.9 Å². The lowest BCUT2D eigenvalue weighted by molar-refractivity contribution is -0.137. The third-order valence-corrected chi connectivity index (χ3v) is 4.31. The number of hydrogen-bond acceptors (Lipinski definition) is 1. The van der Waals surface area contributed by atoms with Crippen molar-refractivity contribution in [3.63, 3.8) is 0 Å². The van der Waals surface area contributed by atoms with Crippen LogP contribution in [0.5, 0.6) is 0 Å². The van der Waals surface area contributed by atoms with Gasteiger partial charge >= 0.3 is 6.18 Å². The molecule has 22 heavy (non-hydrogen) atoms. The van der Waals surface area contributed by atoms with Gasteiger partial charge in [0.05, 0.1) is 10.9 Å². The molecule has 7 heteroatoms. The van der Waals surface area contributed by atoms with E-state index < -0.39 is 23.0 Å². The second-order valence-electron chi connectivity index (χ2n) is 5.21. The quantitative estimate of drug-likeness (QED) is 0.602. The molecule has 0 bridgehead atoms. The van der Waals surface area contributed by atoms with Crippen LogP contribution in [-0.2, 0) is 6.18 Å². The summed E-state index contributed by atoms with van der Waals surface area (Å²) in [6.07, 6.45) is -1.38. The van der Waals surface area contributed by atoms with Gasteiger partial charge in [-0.05, 0) is 35.9 Å². The van der Waals surface area contributed by atoms with E-state index in [0.717, 1.165) is 12.1 Å². The van der Waals surface area contributed by atoms with E-state index in [2.05, 4.69) is 0 Å². The molecule has 2 atom stereocenters. The van der Waals surface area contributed by atoms with Gasteiger partial charge in [-0.1, -0.05) is 23.2 Å². The monoisotopic (exact) mass is 369 g/mol. The smallest absolute Gasteiger partial charge is 0.378 e. The average Bonchev–Trinajstić information content (AvgIpc) is 2.36. The Morgan fingerprint density at radius 2 is 1.73 bits per heavy atom. The number of nitrogens with zero attached hydrogens (tertiary/aromatic N) is 1. The molecule has 1 nitrogen and oxygen atoms in total. The Labute approximate surface area is 141 Å². The number of alkyl halides is 4.